The van der Waals surface area contributed by atoms with Crippen molar-refractivity contribution < 1.29 is 0 Å². The number of rotatable bonds is 8. The fraction of sp³-hybridized carbons (Fsp3) is 0.0526. The maximum absolute atomic E-state index is 5.27. The van der Waals surface area contributed by atoms with Gasteiger partial charge in [-0.2, -0.15) is 0 Å². The zero-order valence-electron chi connectivity index (χ0n) is 34.9. The van der Waals surface area contributed by atoms with Crippen molar-refractivity contribution in [2.24, 2.45) is 0 Å². The molecule has 6 heteroatoms. The van der Waals surface area contributed by atoms with Gasteiger partial charge in [-0.05, 0) is 85.0 Å². The summed E-state index contributed by atoms with van der Waals surface area (Å²) >= 11 is 0. The second kappa shape index (κ2) is 16.0. The van der Waals surface area contributed by atoms with Crippen LogP contribution in [0.15, 0.2) is 194 Å². The van der Waals surface area contributed by atoms with Crippen LogP contribution in [0.4, 0.5) is 0 Å². The molecule has 0 unspecified atom stereocenters. The Kier molecular flexibility index (Phi) is 9.59. The molecule has 3 heterocycles. The van der Waals surface area contributed by atoms with Gasteiger partial charge in [0.15, 0.2) is 11.6 Å². The van der Waals surface area contributed by atoms with Gasteiger partial charge in [-0.1, -0.05) is 157 Å². The Labute approximate surface area is 365 Å². The van der Waals surface area contributed by atoms with Crippen molar-refractivity contribution in [1.82, 2.24) is 29.9 Å². The summed E-state index contributed by atoms with van der Waals surface area (Å²) in [6.07, 6.45) is 0.732. The van der Waals surface area contributed by atoms with E-state index in [4.69, 9.17) is 24.9 Å². The molecule has 0 aliphatic carbocycles. The monoisotopic (exact) mass is 808 g/mol. The quantitative estimate of drug-likeness (QED) is 0.152. The Morgan fingerprint density at radius 2 is 0.794 bits per heavy atom. The first-order valence-electron chi connectivity index (χ1n) is 21.2. The Morgan fingerprint density at radius 3 is 1.54 bits per heavy atom. The molecule has 0 N–H and O–H groups in total. The maximum atomic E-state index is 5.27. The number of hydrogen-bond donors (Lipinski definition) is 0. The van der Waals surface area contributed by atoms with Crippen molar-refractivity contribution in [2.45, 2.75) is 20.3 Å². The number of aromatic nitrogens is 6. The van der Waals surface area contributed by atoms with Gasteiger partial charge < -0.3 is 0 Å². The Balaban J connectivity index is 0.958. The summed E-state index contributed by atoms with van der Waals surface area (Å²) in [6, 6.07) is 67.7. The number of nitrogens with zero attached hydrogens (tertiary/aromatic N) is 6. The minimum absolute atomic E-state index is 0.682. The predicted octanol–water partition coefficient (Wildman–Crippen LogP) is 13.7. The minimum atomic E-state index is 0.682. The van der Waals surface area contributed by atoms with E-state index < -0.39 is 0 Å². The van der Waals surface area contributed by atoms with Gasteiger partial charge in [-0.25, -0.2) is 29.9 Å². The molecule has 0 aliphatic rings. The molecule has 6 nitrogen and oxygen atoms in total. The fourth-order valence-electron chi connectivity index (χ4n) is 8.53. The van der Waals surface area contributed by atoms with Gasteiger partial charge in [0.2, 0.25) is 0 Å². The van der Waals surface area contributed by atoms with E-state index in [9.17, 15) is 0 Å². The standard InChI is InChI=1S/C57H40N6/c1-36-25-27-41(28-26-36)56-60-51-24-9-7-22-48(51)55(63-56)44-18-10-13-38(32-44)31-39-14-11-20-46(33-39)57-61-52-35-43(29-30-49(52)53(62-57)40-15-4-3-5-16-40)42-17-12-19-45(34-42)54-47-21-6-8-23-50(47)58-37(2)59-54/h3-30,32-35H,31H2,1-2H3. The SMILES string of the molecule is Cc1ccc(-c2nc(-c3cccc(Cc4cccc(-c5nc(-c6ccccc6)c6ccc(-c7cccc(-c8nc(C)nc9ccccc89)c7)cc6n5)c4)c3)c3ccccc3n2)cc1. The molecule has 3 aromatic heterocycles. The first-order valence-corrected chi connectivity index (χ1v) is 21.2. The van der Waals surface area contributed by atoms with E-state index >= 15 is 0 Å². The molecule has 11 rings (SSSR count). The average Bonchev–Trinajstić information content (AvgIpc) is 3.33. The molecule has 0 amide bonds. The molecule has 0 aliphatic heterocycles. The lowest BCUT2D eigenvalue weighted by molar-refractivity contribution is 1.10. The van der Waals surface area contributed by atoms with Gasteiger partial charge in [0.05, 0.1) is 33.6 Å². The highest BCUT2D eigenvalue weighted by atomic mass is 14.9. The van der Waals surface area contributed by atoms with Crippen LogP contribution in [0, 0.1) is 13.8 Å². The van der Waals surface area contributed by atoms with Crippen LogP contribution >= 0.6 is 0 Å². The Morgan fingerprint density at radius 1 is 0.302 bits per heavy atom. The third-order valence-corrected chi connectivity index (χ3v) is 11.6. The summed E-state index contributed by atoms with van der Waals surface area (Å²) < 4.78 is 0. The van der Waals surface area contributed by atoms with Crippen LogP contribution in [0.2, 0.25) is 0 Å². The molecule has 0 atom stereocenters. The van der Waals surface area contributed by atoms with Gasteiger partial charge in [0.25, 0.3) is 0 Å². The highest BCUT2D eigenvalue weighted by Gasteiger charge is 2.16. The zero-order valence-corrected chi connectivity index (χ0v) is 34.9. The van der Waals surface area contributed by atoms with E-state index in [1.807, 2.05) is 37.3 Å². The Bertz CT molecular complexity index is 3510. The lowest BCUT2D eigenvalue weighted by Crippen LogP contribution is -1.97. The smallest absolute Gasteiger partial charge is 0.160 e. The van der Waals surface area contributed by atoms with E-state index in [0.29, 0.717) is 5.82 Å². The molecule has 8 aromatic carbocycles. The molecule has 0 fully saturated rings. The minimum Gasteiger partial charge on any atom is -0.233 e. The summed E-state index contributed by atoms with van der Waals surface area (Å²) in [7, 11) is 0. The van der Waals surface area contributed by atoms with Crippen LogP contribution in [-0.2, 0) is 6.42 Å². The molecular weight excluding hydrogens is 769 g/mol. The van der Waals surface area contributed by atoms with Crippen molar-refractivity contribution in [2.75, 3.05) is 0 Å². The summed E-state index contributed by atoms with van der Waals surface area (Å²) in [4.78, 5) is 30.2. The summed E-state index contributed by atoms with van der Waals surface area (Å²) in [6.45, 7) is 4.04. The van der Waals surface area contributed by atoms with Gasteiger partial charge in [-0.15, -0.1) is 0 Å². The average molecular weight is 809 g/mol. The third-order valence-electron chi connectivity index (χ3n) is 11.6. The number of fused-ring (bicyclic) bond motifs is 3. The van der Waals surface area contributed by atoms with Crippen molar-refractivity contribution in [3.05, 3.63) is 217 Å². The Hall–Kier alpha value is -8.22. The molecule has 0 saturated heterocycles. The van der Waals surface area contributed by atoms with Crippen molar-refractivity contribution in [1.29, 1.82) is 0 Å². The molecule has 0 saturated carbocycles. The van der Waals surface area contributed by atoms with Crippen LogP contribution in [0.25, 0.3) is 100 Å². The van der Waals surface area contributed by atoms with Gasteiger partial charge in [0.1, 0.15) is 5.82 Å². The summed E-state index contributed by atoms with van der Waals surface area (Å²) in [5, 5.41) is 3.06. The number of benzene rings is 8. The second-order valence-electron chi connectivity index (χ2n) is 16.1. The van der Waals surface area contributed by atoms with Gasteiger partial charge in [0, 0.05) is 44.0 Å². The lowest BCUT2D eigenvalue weighted by atomic mass is 9.97. The van der Waals surface area contributed by atoms with Crippen LogP contribution in [-0.4, -0.2) is 29.9 Å². The van der Waals surface area contributed by atoms with Gasteiger partial charge in [-0.3, -0.25) is 0 Å². The predicted molar refractivity (Wildman–Crippen MR) is 257 cm³/mol. The van der Waals surface area contributed by atoms with Crippen LogP contribution in [0.3, 0.4) is 0 Å². The number of aryl methyl sites for hydroxylation is 2. The number of para-hydroxylation sites is 2. The molecule has 0 radical (unpaired) electrons. The molecule has 298 valence electrons. The molecule has 0 spiro atoms. The zero-order chi connectivity index (χ0) is 42.3. The largest absolute Gasteiger partial charge is 0.233 e. The highest BCUT2D eigenvalue weighted by Crippen LogP contribution is 2.35. The van der Waals surface area contributed by atoms with E-state index in [1.165, 1.54) is 16.7 Å². The molecule has 0 bridgehead atoms. The van der Waals surface area contributed by atoms with E-state index in [2.05, 4.69) is 176 Å². The normalized spacial score (nSPS) is 11.4. The van der Waals surface area contributed by atoms with Gasteiger partial charge >= 0.3 is 0 Å². The molecule has 63 heavy (non-hydrogen) atoms. The third kappa shape index (κ3) is 7.49. The van der Waals surface area contributed by atoms with E-state index in [-0.39, 0.29) is 0 Å². The first kappa shape index (κ1) is 37.8. The van der Waals surface area contributed by atoms with Crippen LogP contribution < -0.4 is 0 Å². The van der Waals surface area contributed by atoms with Crippen molar-refractivity contribution in [3.63, 3.8) is 0 Å². The topological polar surface area (TPSA) is 77.3 Å². The molecule has 11 aromatic rings. The first-order chi connectivity index (χ1) is 31.0. The van der Waals surface area contributed by atoms with Crippen molar-refractivity contribution in [3.8, 4) is 67.7 Å². The highest BCUT2D eigenvalue weighted by molar-refractivity contribution is 5.97. The summed E-state index contributed by atoms with van der Waals surface area (Å²) in [5.41, 5.74) is 16.3. The van der Waals surface area contributed by atoms with E-state index in [1.54, 1.807) is 0 Å². The maximum Gasteiger partial charge on any atom is 0.160 e. The summed E-state index contributed by atoms with van der Waals surface area (Å²) in [5.74, 6) is 2.15. The lowest BCUT2D eigenvalue weighted by Gasteiger charge is -2.13. The van der Waals surface area contributed by atoms with Crippen molar-refractivity contribution >= 4 is 32.7 Å². The fourth-order valence-corrected chi connectivity index (χ4v) is 8.53. The number of hydrogen-bond acceptors (Lipinski definition) is 6. The van der Waals surface area contributed by atoms with Crippen LogP contribution in [0.1, 0.15) is 22.5 Å². The van der Waals surface area contributed by atoms with Crippen LogP contribution in [0.5, 0.6) is 0 Å². The molecular formula is C57H40N6. The second-order valence-corrected chi connectivity index (χ2v) is 16.1. The van der Waals surface area contributed by atoms with E-state index in [0.717, 1.165) is 107 Å².